The van der Waals surface area contributed by atoms with Crippen molar-refractivity contribution in [2.45, 2.75) is 87.7 Å². The standard InChI is InChI=1S/C10H15N.C9H12FN3O2.C7H11FO4.C5H4FN3O2.C4HCl2FN2.C4H3ClFN3.C4H3FN2O2.C4H10O.C2H5O.CH4N2.CH4.Cl3OP.ClH.Li.H3N.Na.2H2O/c1-3-11(4-2)10-8-6-5-7-9-10;1-2-3-4-15-9(14)7-6(10)8(11)13-5-12-7;1-3-11-6(9)5(8)7(10)12-4-2;6-2-3(5(10)11)8-1-9-4(2)7;5-3-2(7)4(6)9-1-8-3;5-3-2(6)4(7)9-1-8-3;5-2-3(8)6-1-7-4(2)9;1-2-3-4-5;1-2-3;2-1-3;;1-5(2,3)4;;;;;;/h5-9H,3-4H2,1-2H3;5H,2-4H2,1H3,(H2,11,12,13);5H,3-4H2,1-2H3;1H,(H,10,11)(H2,7,8,9);1H;1H,(H2,7,8,9);1H,(H2,6,7,8,9);5H,2-4H2,1H3;2H2,1H3;1H,(H3,2,3);1H4;;1H;;1H3;;2*1H2/q;;;;;;;;-1;;;;;+1;;+1;;/p-1. The summed E-state index contributed by atoms with van der Waals surface area (Å²) in [5.74, 6) is -11.4. The van der Waals surface area contributed by atoms with Crippen LogP contribution in [0.15, 0.2) is 66.8 Å². The molecule has 556 valence electrons. The minimum atomic E-state index is -3.22. The van der Waals surface area contributed by atoms with Gasteiger partial charge < -0.3 is 84.6 Å². The van der Waals surface area contributed by atoms with Gasteiger partial charge in [0, 0.05) is 25.4 Å². The van der Waals surface area contributed by atoms with Gasteiger partial charge in [-0.05, 0) is 86.4 Å². The number of alkyl halides is 1. The van der Waals surface area contributed by atoms with Crippen molar-refractivity contribution in [2.24, 2.45) is 5.73 Å². The summed E-state index contributed by atoms with van der Waals surface area (Å²) < 4.78 is 98.0. The number of esters is 3. The SMILES string of the molecule is C.CCCCO.CCCCOC(=O)c1ncnc(N)c1F.CCN(CC)c1ccccc1.CCOC(=O)C(F)C(=O)OCC.CC[O-].Cl.Fc1c(Cl)ncnc1Cl.N.N=CN.Nc1ncnc(C(=O)O)c1F.Nc1ncnc(Cl)c1F.O.O=P(Cl)(Cl)Cl.O=c1[nH]cnc(O)c1F.[Li+].[Na+].[OH-]. The van der Waals surface area contributed by atoms with Crippen LogP contribution in [0.2, 0.25) is 15.5 Å². The Balaban J connectivity index is -0.0000000854. The number of nitrogens with zero attached hydrogens (tertiary/aromatic N) is 10. The third kappa shape index (κ3) is 62.7. The Morgan fingerprint density at radius 2 is 1.05 bits per heavy atom. The first-order valence-electron chi connectivity index (χ1n) is 25.6. The molecule has 5 aromatic heterocycles. The summed E-state index contributed by atoms with van der Waals surface area (Å²) in [4.78, 5) is 86.8. The van der Waals surface area contributed by atoms with Gasteiger partial charge in [-0.15, -0.1) is 19.0 Å². The number of aromatic amines is 1. The largest absolute Gasteiger partial charge is 1.00 e. The van der Waals surface area contributed by atoms with E-state index in [2.05, 4.69) is 144 Å². The zero-order valence-corrected chi connectivity index (χ0v) is 62.2. The fourth-order valence-electron chi connectivity index (χ4n) is 4.41. The quantitative estimate of drug-likeness (QED) is 0.00715. The summed E-state index contributed by atoms with van der Waals surface area (Å²) in [6, 6.07) is 10.5. The number of aliphatic hydroxyl groups excluding tert-OH is 1. The number of aromatic carboxylic acids is 1. The molecule has 0 amide bonds. The number of rotatable bonds is 14. The summed E-state index contributed by atoms with van der Waals surface area (Å²) in [7, 11) is 0. The van der Waals surface area contributed by atoms with Crippen LogP contribution in [-0.2, 0) is 28.4 Å². The van der Waals surface area contributed by atoms with E-state index >= 15 is 0 Å². The van der Waals surface area contributed by atoms with Crippen molar-refractivity contribution < 1.29 is 144 Å². The number of benzene rings is 1. The fraction of sp³-hybridized carbons (Fsp3) is 0.392. The van der Waals surface area contributed by atoms with Crippen LogP contribution in [0.25, 0.3) is 0 Å². The first-order chi connectivity index (χ1) is 43.2. The molecule has 0 aliphatic heterocycles. The van der Waals surface area contributed by atoms with E-state index in [1.165, 1.54) is 19.5 Å². The number of ether oxygens (including phenoxy) is 3. The van der Waals surface area contributed by atoms with Gasteiger partial charge >= 0.3 is 77.5 Å². The third-order valence-corrected chi connectivity index (χ3v) is 9.19. The molecule has 0 saturated carbocycles. The van der Waals surface area contributed by atoms with E-state index in [4.69, 9.17) is 82.6 Å². The predicted octanol–water partition coefficient (Wildman–Crippen LogP) is 3.16. The summed E-state index contributed by atoms with van der Waals surface area (Å²) in [6.07, 6.45) is 7.11. The number of hydrogen-bond acceptors (Lipinski definition) is 28. The Morgan fingerprint density at radius 3 is 1.34 bits per heavy atom. The van der Waals surface area contributed by atoms with E-state index in [-0.39, 0.29) is 139 Å². The Morgan fingerprint density at radius 1 is 0.697 bits per heavy atom. The number of anilines is 4. The molecule has 0 unspecified atom stereocenters. The number of halogens is 13. The van der Waals surface area contributed by atoms with Gasteiger partial charge in [0.2, 0.25) is 11.6 Å². The van der Waals surface area contributed by atoms with Crippen molar-refractivity contribution in [1.82, 2.24) is 56.0 Å². The van der Waals surface area contributed by atoms with E-state index < -0.39 is 93.0 Å². The van der Waals surface area contributed by atoms with Crippen molar-refractivity contribution in [3.05, 3.63) is 128 Å². The molecule has 48 heteroatoms. The third-order valence-electron chi connectivity index (χ3n) is 8.40. The summed E-state index contributed by atoms with van der Waals surface area (Å²) >= 11 is 29.5. The average Bonchev–Trinajstić information content (AvgIpc) is 0.922. The van der Waals surface area contributed by atoms with Crippen molar-refractivity contribution in [3.8, 4) is 5.88 Å². The van der Waals surface area contributed by atoms with Crippen LogP contribution in [0.3, 0.4) is 0 Å². The van der Waals surface area contributed by atoms with Gasteiger partial charge in [0.25, 0.3) is 17.6 Å². The number of H-pyrrole nitrogens is 1. The Bertz CT molecular complexity index is 3050. The zero-order valence-electron chi connectivity index (χ0n) is 54.0. The van der Waals surface area contributed by atoms with Crippen LogP contribution in [0.1, 0.15) is 103 Å². The number of aromatic nitrogens is 10. The Labute approximate surface area is 636 Å². The second-order valence-corrected chi connectivity index (χ2v) is 22.7. The van der Waals surface area contributed by atoms with Gasteiger partial charge in [-0.3, -0.25) is 14.8 Å². The molecule has 0 bridgehead atoms. The summed E-state index contributed by atoms with van der Waals surface area (Å²) in [5, 5.41) is 35.6. The molecule has 19 N–H and O–H groups in total. The van der Waals surface area contributed by atoms with Gasteiger partial charge in [0.15, 0.2) is 61.8 Å². The van der Waals surface area contributed by atoms with Crippen molar-refractivity contribution in [1.29, 1.82) is 5.41 Å². The molecule has 6 aromatic rings. The van der Waals surface area contributed by atoms with Gasteiger partial charge in [-0.25, -0.2) is 81.6 Å². The van der Waals surface area contributed by atoms with Crippen LogP contribution in [-0.4, -0.2) is 159 Å². The molecular formula is C51H79Cl7F6LiN17NaO15P. The van der Waals surface area contributed by atoms with Crippen LogP contribution in [0, 0.1) is 34.5 Å². The van der Waals surface area contributed by atoms with Gasteiger partial charge in [0.1, 0.15) is 25.3 Å². The Kier molecular flexibility index (Phi) is 90.5. The number of hydrogen-bond donors (Lipinski definition) is 10. The molecule has 0 aliphatic rings. The number of carboxylic acids is 1. The van der Waals surface area contributed by atoms with E-state index in [1.54, 1.807) is 6.92 Å². The number of nitrogens with two attached hydrogens (primary N) is 4. The molecule has 0 atom stereocenters. The van der Waals surface area contributed by atoms with Crippen LogP contribution < -0.4 is 93.1 Å². The first kappa shape index (κ1) is 120. The number of carbonyl (C=O) groups excluding carboxylic acids is 3. The van der Waals surface area contributed by atoms with Gasteiger partial charge in [0.05, 0.1) is 32.5 Å². The minimum absolute atomic E-state index is 0. The number of para-hydroxylation sites is 1. The molecule has 32 nitrogen and oxygen atoms in total. The van der Waals surface area contributed by atoms with Crippen LogP contribution in [0.4, 0.5) is 49.5 Å². The molecule has 0 radical (unpaired) electrons. The maximum absolute atomic E-state index is 13.2. The fourth-order valence-corrected chi connectivity index (χ4v) is 4.87. The molecule has 0 aliphatic carbocycles. The normalized spacial score (nSPS) is 8.75. The summed E-state index contributed by atoms with van der Waals surface area (Å²) in [6.45, 7) is 15.8. The molecule has 0 saturated heterocycles. The number of aromatic hydroxyl groups is 1. The summed E-state index contributed by atoms with van der Waals surface area (Å²) in [5.41, 5.74) is 18.8. The first-order valence-corrected chi connectivity index (χ1v) is 31.2. The minimum Gasteiger partial charge on any atom is -0.870 e. The molecule has 0 fully saturated rings. The molecule has 99 heavy (non-hydrogen) atoms. The Hall–Kier alpha value is -5.99. The number of unbranched alkanes of at least 4 members (excludes halogenated alkanes) is 2. The van der Waals surface area contributed by atoms with Gasteiger partial charge in [-0.2, -0.15) is 8.78 Å². The molecule has 1 aromatic carbocycles. The number of nitrogen functional groups attached to an aromatic ring is 3. The van der Waals surface area contributed by atoms with Gasteiger partial charge in [-0.1, -0.05) is 94.0 Å². The molecule has 5 heterocycles. The molecule has 6 rings (SSSR count). The topological polar surface area (TPSA) is 573 Å². The van der Waals surface area contributed by atoms with E-state index in [0.29, 0.717) is 6.61 Å². The number of carbonyl (C=O) groups is 4. The number of nitrogens with one attached hydrogen (secondary N) is 2. The van der Waals surface area contributed by atoms with E-state index in [1.807, 2.05) is 18.0 Å². The van der Waals surface area contributed by atoms with Crippen molar-refractivity contribution in [2.75, 3.05) is 68.2 Å². The average molecular weight is 1590 g/mol. The second-order valence-electron chi connectivity index (χ2n) is 14.9. The maximum atomic E-state index is 13.2. The zero-order chi connectivity index (χ0) is 72.0. The van der Waals surface area contributed by atoms with E-state index in [0.717, 1.165) is 76.7 Å². The predicted molar refractivity (Wildman–Crippen MR) is 358 cm³/mol. The molecular weight excluding hydrogens is 1510 g/mol. The van der Waals surface area contributed by atoms with Crippen LogP contribution in [0.5, 0.6) is 5.88 Å². The van der Waals surface area contributed by atoms with Crippen molar-refractivity contribution in [3.63, 3.8) is 0 Å². The number of aliphatic hydroxyl groups is 1. The van der Waals surface area contributed by atoms with Crippen molar-refractivity contribution >= 4 is 139 Å². The maximum Gasteiger partial charge on any atom is 1.00 e. The monoisotopic (exact) mass is 1590 g/mol. The smallest absolute Gasteiger partial charge is 0.870 e. The number of carboxylic acid groups (broad SMARTS) is 1. The second kappa shape index (κ2) is 74.7. The van der Waals surface area contributed by atoms with Crippen LogP contribution >= 0.6 is 86.1 Å². The van der Waals surface area contributed by atoms with E-state index in [9.17, 15) is 54.9 Å². The molecule has 0 spiro atoms.